The van der Waals surface area contributed by atoms with Gasteiger partial charge in [-0.3, -0.25) is 9.59 Å². The zero-order valence-corrected chi connectivity index (χ0v) is 15.6. The van der Waals surface area contributed by atoms with Crippen LogP contribution in [0.25, 0.3) is 10.9 Å². The topological polar surface area (TPSA) is 45.6 Å². The maximum atomic E-state index is 13.2. The lowest BCUT2D eigenvalue weighted by molar-refractivity contribution is -0.130. The first-order chi connectivity index (χ1) is 12.0. The lowest BCUT2D eigenvalue weighted by atomic mass is 10.1. The van der Waals surface area contributed by atoms with Crippen molar-refractivity contribution in [3.63, 3.8) is 0 Å². The Labute approximate surface area is 149 Å². The molecule has 1 aromatic heterocycles. The average molecular weight is 341 g/mol. The molecule has 3 rings (SSSR count). The number of rotatable bonds is 3. The van der Waals surface area contributed by atoms with Crippen molar-refractivity contribution >= 4 is 22.7 Å². The van der Waals surface area contributed by atoms with Crippen LogP contribution in [-0.2, 0) is 17.8 Å². The number of benzene rings is 1. The standard InChI is InChI=1S/C20H27N3O2/c1-5-16-7-8-18-17(13-16)14(3)19(23(18)6-2)20(25)22-11-9-21(10-12-22)15(4)24/h7-8,13H,5-6,9-12H2,1-4H3. The number of aromatic nitrogens is 1. The second-order valence-electron chi connectivity index (χ2n) is 6.72. The predicted octanol–water partition coefficient (Wildman–Crippen LogP) is 2.84. The van der Waals surface area contributed by atoms with Gasteiger partial charge in [0.1, 0.15) is 5.69 Å². The molecule has 0 aliphatic carbocycles. The van der Waals surface area contributed by atoms with Crippen molar-refractivity contribution in [1.29, 1.82) is 0 Å². The molecule has 5 nitrogen and oxygen atoms in total. The summed E-state index contributed by atoms with van der Waals surface area (Å²) < 4.78 is 2.13. The third-order valence-electron chi connectivity index (χ3n) is 5.32. The van der Waals surface area contributed by atoms with Crippen LogP contribution in [-0.4, -0.2) is 52.4 Å². The van der Waals surface area contributed by atoms with Crippen molar-refractivity contribution in [3.8, 4) is 0 Å². The Hall–Kier alpha value is -2.30. The highest BCUT2D eigenvalue weighted by atomic mass is 16.2. The Bertz CT molecular complexity index is 814. The van der Waals surface area contributed by atoms with Gasteiger partial charge in [-0.15, -0.1) is 0 Å². The van der Waals surface area contributed by atoms with Crippen LogP contribution in [0.5, 0.6) is 0 Å². The number of nitrogens with zero attached hydrogens (tertiary/aromatic N) is 3. The van der Waals surface area contributed by atoms with E-state index in [0.29, 0.717) is 26.2 Å². The fourth-order valence-corrected chi connectivity index (χ4v) is 3.77. The van der Waals surface area contributed by atoms with Gasteiger partial charge in [-0.2, -0.15) is 0 Å². The lowest BCUT2D eigenvalue weighted by Crippen LogP contribution is -2.50. The first kappa shape index (κ1) is 17.5. The van der Waals surface area contributed by atoms with E-state index in [2.05, 4.69) is 36.6 Å². The maximum Gasteiger partial charge on any atom is 0.270 e. The van der Waals surface area contributed by atoms with Crippen molar-refractivity contribution < 1.29 is 9.59 Å². The molecular weight excluding hydrogens is 314 g/mol. The van der Waals surface area contributed by atoms with Crippen LogP contribution in [0.3, 0.4) is 0 Å². The number of hydrogen-bond donors (Lipinski definition) is 0. The number of aryl methyl sites for hydroxylation is 3. The second kappa shape index (κ2) is 6.90. The number of amides is 2. The van der Waals surface area contributed by atoms with Crippen molar-refractivity contribution in [2.45, 2.75) is 40.7 Å². The molecule has 1 saturated heterocycles. The van der Waals surface area contributed by atoms with Gasteiger partial charge in [0, 0.05) is 50.6 Å². The van der Waals surface area contributed by atoms with Gasteiger partial charge < -0.3 is 14.4 Å². The Morgan fingerprint density at radius 1 is 1.04 bits per heavy atom. The molecule has 2 amide bonds. The van der Waals surface area contributed by atoms with Crippen LogP contribution >= 0.6 is 0 Å². The highest BCUT2D eigenvalue weighted by Crippen LogP contribution is 2.28. The summed E-state index contributed by atoms with van der Waals surface area (Å²) in [5.74, 6) is 0.162. The molecule has 5 heteroatoms. The van der Waals surface area contributed by atoms with Gasteiger partial charge in [0.2, 0.25) is 5.91 Å². The van der Waals surface area contributed by atoms with Gasteiger partial charge in [0.05, 0.1) is 0 Å². The van der Waals surface area contributed by atoms with Gasteiger partial charge in [0.25, 0.3) is 5.91 Å². The Morgan fingerprint density at radius 3 is 2.24 bits per heavy atom. The highest BCUT2D eigenvalue weighted by molar-refractivity contribution is 6.02. The smallest absolute Gasteiger partial charge is 0.270 e. The van der Waals surface area contributed by atoms with E-state index in [1.165, 1.54) is 10.9 Å². The predicted molar refractivity (Wildman–Crippen MR) is 99.9 cm³/mol. The summed E-state index contributed by atoms with van der Waals surface area (Å²) in [4.78, 5) is 28.4. The number of piperazine rings is 1. The summed E-state index contributed by atoms with van der Waals surface area (Å²) in [6.07, 6.45) is 0.989. The van der Waals surface area contributed by atoms with Crippen molar-refractivity contribution in [2.24, 2.45) is 0 Å². The summed E-state index contributed by atoms with van der Waals surface area (Å²) in [5.41, 5.74) is 4.27. The quantitative estimate of drug-likeness (QED) is 0.862. The lowest BCUT2D eigenvalue weighted by Gasteiger charge is -2.34. The summed E-state index contributed by atoms with van der Waals surface area (Å²) >= 11 is 0. The van der Waals surface area contributed by atoms with Crippen LogP contribution in [0.4, 0.5) is 0 Å². The van der Waals surface area contributed by atoms with E-state index in [1.807, 2.05) is 11.8 Å². The molecule has 1 aromatic carbocycles. The largest absolute Gasteiger partial charge is 0.339 e. The van der Waals surface area contributed by atoms with E-state index in [-0.39, 0.29) is 11.8 Å². The molecule has 0 spiro atoms. The van der Waals surface area contributed by atoms with Gasteiger partial charge in [-0.25, -0.2) is 0 Å². The molecule has 25 heavy (non-hydrogen) atoms. The minimum Gasteiger partial charge on any atom is -0.339 e. The van der Waals surface area contributed by atoms with Gasteiger partial charge in [0.15, 0.2) is 0 Å². The monoisotopic (exact) mass is 341 g/mol. The van der Waals surface area contributed by atoms with Crippen molar-refractivity contribution in [2.75, 3.05) is 26.2 Å². The van der Waals surface area contributed by atoms with Crippen molar-refractivity contribution in [3.05, 3.63) is 35.0 Å². The molecule has 1 aliphatic rings. The van der Waals surface area contributed by atoms with Gasteiger partial charge >= 0.3 is 0 Å². The molecule has 0 bridgehead atoms. The second-order valence-corrected chi connectivity index (χ2v) is 6.72. The fourth-order valence-electron chi connectivity index (χ4n) is 3.77. The summed E-state index contributed by atoms with van der Waals surface area (Å²) in [6.45, 7) is 11.1. The van der Waals surface area contributed by atoms with Gasteiger partial charge in [-0.05, 0) is 43.5 Å². The number of fused-ring (bicyclic) bond motifs is 1. The number of hydrogen-bond acceptors (Lipinski definition) is 2. The van der Waals surface area contributed by atoms with E-state index in [9.17, 15) is 9.59 Å². The molecule has 1 aliphatic heterocycles. The van der Waals surface area contributed by atoms with E-state index < -0.39 is 0 Å². The molecule has 0 radical (unpaired) electrons. The normalized spacial score (nSPS) is 15.0. The highest BCUT2D eigenvalue weighted by Gasteiger charge is 2.27. The average Bonchev–Trinajstić information content (AvgIpc) is 2.92. The summed E-state index contributed by atoms with van der Waals surface area (Å²) in [7, 11) is 0. The van der Waals surface area contributed by atoms with Crippen LogP contribution in [0.1, 0.15) is 42.4 Å². The third-order valence-corrected chi connectivity index (χ3v) is 5.32. The first-order valence-corrected chi connectivity index (χ1v) is 9.14. The van der Waals surface area contributed by atoms with E-state index >= 15 is 0 Å². The summed E-state index contributed by atoms with van der Waals surface area (Å²) in [6, 6.07) is 6.49. The van der Waals surface area contributed by atoms with Gasteiger partial charge in [-0.1, -0.05) is 13.0 Å². The Kier molecular flexibility index (Phi) is 4.84. The number of carbonyl (C=O) groups is 2. The van der Waals surface area contributed by atoms with Crippen molar-refractivity contribution in [1.82, 2.24) is 14.4 Å². The third kappa shape index (κ3) is 3.03. The molecule has 0 N–H and O–H groups in total. The Morgan fingerprint density at radius 2 is 1.68 bits per heavy atom. The molecule has 1 fully saturated rings. The van der Waals surface area contributed by atoms with E-state index in [1.54, 1.807) is 11.8 Å². The van der Waals surface area contributed by atoms with Crippen LogP contribution in [0.2, 0.25) is 0 Å². The summed E-state index contributed by atoms with van der Waals surface area (Å²) in [5, 5.41) is 1.17. The molecule has 134 valence electrons. The molecular formula is C20H27N3O2. The molecule has 2 aromatic rings. The number of carbonyl (C=O) groups excluding carboxylic acids is 2. The minimum absolute atomic E-state index is 0.0804. The minimum atomic E-state index is 0.0804. The van der Waals surface area contributed by atoms with E-state index in [0.717, 1.165) is 29.7 Å². The molecule has 0 atom stereocenters. The molecule has 0 saturated carbocycles. The van der Waals surface area contributed by atoms with Crippen LogP contribution < -0.4 is 0 Å². The van der Waals surface area contributed by atoms with Crippen LogP contribution in [0, 0.1) is 6.92 Å². The van der Waals surface area contributed by atoms with E-state index in [4.69, 9.17) is 0 Å². The molecule has 0 unspecified atom stereocenters. The zero-order chi connectivity index (χ0) is 18.1. The Balaban J connectivity index is 1.96. The SMILES string of the molecule is CCc1ccc2c(c1)c(C)c(C(=O)N1CCN(C(C)=O)CC1)n2CC. The molecule has 2 heterocycles. The first-order valence-electron chi connectivity index (χ1n) is 9.14. The van der Waals surface area contributed by atoms with Crippen LogP contribution in [0.15, 0.2) is 18.2 Å². The zero-order valence-electron chi connectivity index (χ0n) is 15.6. The maximum absolute atomic E-state index is 13.2. The fraction of sp³-hybridized carbons (Fsp3) is 0.500.